The minimum atomic E-state index is -0.262. The Kier molecular flexibility index (Phi) is 5.18. The molecule has 0 aromatic heterocycles. The molecule has 5 heteroatoms. The molecule has 31 heavy (non-hydrogen) atoms. The van der Waals surface area contributed by atoms with Crippen LogP contribution in [-0.4, -0.2) is 40.6 Å². The van der Waals surface area contributed by atoms with E-state index < -0.39 is 0 Å². The van der Waals surface area contributed by atoms with Gasteiger partial charge >= 0.3 is 0 Å². The number of rotatable bonds is 7. The fourth-order valence-electron chi connectivity index (χ4n) is 5.36. The fraction of sp³-hybridized carbons (Fsp3) is 0.346. The summed E-state index contributed by atoms with van der Waals surface area (Å²) in [6.45, 7) is 0.835. The van der Waals surface area contributed by atoms with Crippen LogP contribution in [-0.2, 0) is 27.3 Å². The van der Waals surface area contributed by atoms with E-state index in [0.717, 1.165) is 24.0 Å². The molecule has 0 spiro atoms. The summed E-state index contributed by atoms with van der Waals surface area (Å²) in [6.07, 6.45) is 5.76. The maximum atomic E-state index is 13.3. The van der Waals surface area contributed by atoms with Gasteiger partial charge in [0.15, 0.2) is 0 Å². The van der Waals surface area contributed by atoms with E-state index in [9.17, 15) is 14.4 Å². The van der Waals surface area contributed by atoms with Crippen molar-refractivity contribution in [1.29, 1.82) is 0 Å². The van der Waals surface area contributed by atoms with E-state index in [0.29, 0.717) is 13.1 Å². The summed E-state index contributed by atoms with van der Waals surface area (Å²) >= 11 is 0. The van der Waals surface area contributed by atoms with Gasteiger partial charge in [-0.2, -0.15) is 0 Å². The monoisotopic (exact) mass is 414 g/mol. The van der Waals surface area contributed by atoms with Gasteiger partial charge < -0.3 is 4.90 Å². The maximum Gasteiger partial charge on any atom is 0.243 e. The highest BCUT2D eigenvalue weighted by atomic mass is 16.2. The third-order valence-electron chi connectivity index (χ3n) is 6.94. The van der Waals surface area contributed by atoms with Crippen LogP contribution in [0.3, 0.4) is 0 Å². The maximum absolute atomic E-state index is 13.3. The van der Waals surface area contributed by atoms with Crippen LogP contribution >= 0.6 is 0 Å². The highest BCUT2D eigenvalue weighted by Gasteiger charge is 2.59. The number of fused-ring (bicyclic) bond motifs is 5. The van der Waals surface area contributed by atoms with E-state index in [1.165, 1.54) is 4.90 Å². The number of carbonyl (C=O) groups excluding carboxylic acids is 3. The topological polar surface area (TPSA) is 57.7 Å². The Labute approximate surface area is 182 Å². The number of likely N-dealkylation sites (tertiary alicyclic amines) is 1. The number of amides is 3. The number of imide groups is 1. The second-order valence-corrected chi connectivity index (χ2v) is 8.80. The largest absolute Gasteiger partial charge is 0.336 e. The molecule has 4 atom stereocenters. The van der Waals surface area contributed by atoms with Gasteiger partial charge in [0.05, 0.1) is 11.8 Å². The van der Waals surface area contributed by atoms with Crippen molar-refractivity contribution < 1.29 is 14.4 Å². The van der Waals surface area contributed by atoms with Gasteiger partial charge in [0, 0.05) is 13.1 Å². The lowest BCUT2D eigenvalue weighted by molar-refractivity contribution is -0.147. The summed E-state index contributed by atoms with van der Waals surface area (Å²) in [5.41, 5.74) is 2.18. The Hall–Kier alpha value is -3.21. The summed E-state index contributed by atoms with van der Waals surface area (Å²) < 4.78 is 0. The molecule has 3 aliphatic rings. The van der Waals surface area contributed by atoms with E-state index in [1.54, 1.807) is 4.90 Å². The molecule has 1 saturated carbocycles. The molecule has 2 bridgehead atoms. The zero-order valence-corrected chi connectivity index (χ0v) is 17.4. The average molecular weight is 415 g/mol. The molecule has 2 aliphatic carbocycles. The first kappa shape index (κ1) is 19.7. The third-order valence-corrected chi connectivity index (χ3v) is 6.94. The molecule has 1 heterocycles. The van der Waals surface area contributed by atoms with Gasteiger partial charge in [0.25, 0.3) is 0 Å². The Bertz CT molecular complexity index is 987. The molecule has 2 aromatic rings. The van der Waals surface area contributed by atoms with Gasteiger partial charge in [0.1, 0.15) is 6.54 Å². The number of hydrogen-bond acceptors (Lipinski definition) is 3. The van der Waals surface area contributed by atoms with Crippen LogP contribution in [0, 0.1) is 23.7 Å². The normalized spacial score (nSPS) is 25.9. The minimum Gasteiger partial charge on any atom is -0.336 e. The lowest BCUT2D eigenvalue weighted by Crippen LogP contribution is -2.44. The first-order valence-electron chi connectivity index (χ1n) is 11.0. The second kappa shape index (κ2) is 8.14. The summed E-state index contributed by atoms with van der Waals surface area (Å²) in [5, 5.41) is 0. The van der Waals surface area contributed by atoms with Gasteiger partial charge in [-0.3, -0.25) is 19.3 Å². The number of carbonyl (C=O) groups is 3. The van der Waals surface area contributed by atoms with Crippen LogP contribution in [0.5, 0.6) is 0 Å². The molecule has 158 valence electrons. The molecule has 5 rings (SSSR count). The molecular weight excluding hydrogens is 388 g/mol. The van der Waals surface area contributed by atoms with E-state index in [2.05, 4.69) is 12.2 Å². The number of nitrogens with zero attached hydrogens (tertiary/aromatic N) is 2. The van der Waals surface area contributed by atoms with Crippen LogP contribution in [0.15, 0.2) is 72.8 Å². The summed E-state index contributed by atoms with van der Waals surface area (Å²) in [4.78, 5) is 42.2. The molecule has 0 radical (unpaired) electrons. The van der Waals surface area contributed by atoms with Crippen LogP contribution in [0.1, 0.15) is 17.5 Å². The molecule has 2 fully saturated rings. The number of allylic oxidation sites excluding steroid dienone is 2. The van der Waals surface area contributed by atoms with Crippen molar-refractivity contribution in [3.05, 3.63) is 83.9 Å². The van der Waals surface area contributed by atoms with Crippen molar-refractivity contribution in [2.45, 2.75) is 19.4 Å². The third kappa shape index (κ3) is 3.69. The van der Waals surface area contributed by atoms with E-state index in [4.69, 9.17) is 0 Å². The molecule has 5 nitrogen and oxygen atoms in total. The molecule has 1 saturated heterocycles. The number of benzene rings is 2. The first-order chi connectivity index (χ1) is 15.1. The lowest BCUT2D eigenvalue weighted by Gasteiger charge is -2.26. The van der Waals surface area contributed by atoms with Crippen LogP contribution < -0.4 is 0 Å². The lowest BCUT2D eigenvalue weighted by atomic mass is 9.85. The molecule has 4 unspecified atom stereocenters. The van der Waals surface area contributed by atoms with Crippen molar-refractivity contribution in [2.75, 3.05) is 13.1 Å². The van der Waals surface area contributed by atoms with Crippen molar-refractivity contribution in [3.8, 4) is 0 Å². The van der Waals surface area contributed by atoms with E-state index >= 15 is 0 Å². The van der Waals surface area contributed by atoms with Crippen molar-refractivity contribution in [1.82, 2.24) is 9.80 Å². The average Bonchev–Trinajstić information content (AvgIpc) is 3.48. The Balaban J connectivity index is 1.30. The quantitative estimate of drug-likeness (QED) is 0.517. The van der Waals surface area contributed by atoms with Crippen molar-refractivity contribution >= 4 is 17.7 Å². The standard InChI is InChI=1S/C26H26N2O3/c29-22(17-28-25(30)23-20-11-12-21(15-20)24(23)26(28)31)27(16-19-9-5-2-6-10-19)14-13-18-7-3-1-4-8-18/h1-12,20-21,23-24H,13-17H2. The first-order valence-corrected chi connectivity index (χ1v) is 11.0. The van der Waals surface area contributed by atoms with Gasteiger partial charge in [-0.1, -0.05) is 72.8 Å². The SMILES string of the molecule is O=C(CN1C(=O)C2C3C=CC(C3)C2C1=O)N(CCc1ccccc1)Cc1ccccc1. The van der Waals surface area contributed by atoms with E-state index in [1.807, 2.05) is 60.7 Å². The van der Waals surface area contributed by atoms with Gasteiger partial charge in [-0.05, 0) is 35.8 Å². The zero-order valence-electron chi connectivity index (χ0n) is 17.4. The predicted molar refractivity (Wildman–Crippen MR) is 116 cm³/mol. The Morgan fingerprint density at radius 2 is 1.39 bits per heavy atom. The zero-order chi connectivity index (χ0) is 21.4. The van der Waals surface area contributed by atoms with Crippen molar-refractivity contribution in [2.24, 2.45) is 23.7 Å². The predicted octanol–water partition coefficient (Wildman–Crippen LogP) is 3.07. The smallest absolute Gasteiger partial charge is 0.243 e. The van der Waals surface area contributed by atoms with Crippen LogP contribution in [0.2, 0.25) is 0 Å². The van der Waals surface area contributed by atoms with Crippen molar-refractivity contribution in [3.63, 3.8) is 0 Å². The molecule has 1 aliphatic heterocycles. The van der Waals surface area contributed by atoms with Gasteiger partial charge in [-0.25, -0.2) is 0 Å². The number of hydrogen-bond donors (Lipinski definition) is 0. The minimum absolute atomic E-state index is 0.157. The Morgan fingerprint density at radius 3 is 1.97 bits per heavy atom. The highest BCUT2D eigenvalue weighted by Crippen LogP contribution is 2.52. The molecule has 2 aromatic carbocycles. The molecule has 3 amide bonds. The second-order valence-electron chi connectivity index (χ2n) is 8.80. The van der Waals surface area contributed by atoms with Crippen LogP contribution in [0.4, 0.5) is 0 Å². The fourth-order valence-corrected chi connectivity index (χ4v) is 5.36. The van der Waals surface area contributed by atoms with Gasteiger partial charge in [-0.15, -0.1) is 0 Å². The Morgan fingerprint density at radius 1 is 0.839 bits per heavy atom. The highest BCUT2D eigenvalue weighted by molar-refractivity contribution is 6.08. The van der Waals surface area contributed by atoms with Crippen LogP contribution in [0.25, 0.3) is 0 Å². The summed E-state index contributed by atoms with van der Waals surface area (Å²) in [6, 6.07) is 19.9. The summed E-state index contributed by atoms with van der Waals surface area (Å²) in [7, 11) is 0. The van der Waals surface area contributed by atoms with Gasteiger partial charge in [0.2, 0.25) is 17.7 Å². The molecule has 0 N–H and O–H groups in total. The van der Waals surface area contributed by atoms with E-state index in [-0.39, 0.29) is 47.9 Å². The summed E-state index contributed by atoms with van der Waals surface area (Å²) in [5.74, 6) is -0.716. The molecular formula is C26H26N2O3.